The molecule has 2 N–H and O–H groups in total. The fourth-order valence-electron chi connectivity index (χ4n) is 3.99. The summed E-state index contributed by atoms with van der Waals surface area (Å²) in [5, 5.41) is 4.70. The van der Waals surface area contributed by atoms with Crippen molar-refractivity contribution in [3.63, 3.8) is 0 Å². The van der Waals surface area contributed by atoms with Gasteiger partial charge in [-0.1, -0.05) is 26.7 Å². The molecule has 2 fully saturated rings. The number of hydrogen-bond donors (Lipinski definition) is 2. The number of likely N-dealkylation sites (tertiary alicyclic amines) is 1. The van der Waals surface area contributed by atoms with Gasteiger partial charge in [0.2, 0.25) is 5.91 Å². The fourth-order valence-corrected chi connectivity index (χ4v) is 3.99. The lowest BCUT2D eigenvalue weighted by atomic mass is 9.77. The molecular formula is C20H33N3O5. The molecule has 1 saturated carbocycles. The molecule has 158 valence electrons. The number of imide groups is 1. The summed E-state index contributed by atoms with van der Waals surface area (Å²) in [5.74, 6) is -0.903. The number of nitrogens with zero attached hydrogens (tertiary/aromatic N) is 1. The molecule has 0 aromatic heterocycles. The van der Waals surface area contributed by atoms with Gasteiger partial charge in [0.25, 0.3) is 5.91 Å². The highest BCUT2D eigenvalue weighted by molar-refractivity contribution is 5.96. The Morgan fingerprint density at radius 2 is 1.86 bits per heavy atom. The monoisotopic (exact) mass is 395 g/mol. The fraction of sp³-hybridized carbons (Fsp3) is 0.800. The number of rotatable bonds is 4. The van der Waals surface area contributed by atoms with Gasteiger partial charge in [0.1, 0.15) is 0 Å². The van der Waals surface area contributed by atoms with Crippen molar-refractivity contribution in [1.29, 1.82) is 0 Å². The van der Waals surface area contributed by atoms with Crippen LogP contribution in [0.15, 0.2) is 0 Å². The Morgan fingerprint density at radius 1 is 1.18 bits per heavy atom. The van der Waals surface area contributed by atoms with Crippen LogP contribution >= 0.6 is 0 Å². The van der Waals surface area contributed by atoms with Crippen LogP contribution in [-0.4, -0.2) is 53.4 Å². The van der Waals surface area contributed by atoms with Crippen molar-refractivity contribution >= 4 is 23.8 Å². The molecule has 0 aromatic rings. The summed E-state index contributed by atoms with van der Waals surface area (Å²) < 4.78 is 5.04. The number of carbonyl (C=O) groups excluding carboxylic acids is 4. The topological polar surface area (TPSA) is 105 Å². The zero-order valence-corrected chi connectivity index (χ0v) is 17.5. The molecule has 8 nitrogen and oxygen atoms in total. The summed E-state index contributed by atoms with van der Waals surface area (Å²) in [5.41, 5.74) is -0.484. The second-order valence-corrected chi connectivity index (χ2v) is 9.14. The van der Waals surface area contributed by atoms with E-state index in [9.17, 15) is 19.2 Å². The number of amides is 4. The first-order valence-electron chi connectivity index (χ1n) is 10.1. The van der Waals surface area contributed by atoms with Gasteiger partial charge in [-0.25, -0.2) is 4.79 Å². The summed E-state index contributed by atoms with van der Waals surface area (Å²) in [6.45, 7) is 9.52. The average molecular weight is 396 g/mol. The van der Waals surface area contributed by atoms with Crippen LogP contribution in [0.3, 0.4) is 0 Å². The van der Waals surface area contributed by atoms with E-state index < -0.39 is 36.0 Å². The zero-order valence-electron chi connectivity index (χ0n) is 17.5. The number of urea groups is 1. The molecule has 0 bridgehead atoms. The van der Waals surface area contributed by atoms with Gasteiger partial charge in [0, 0.05) is 24.5 Å². The minimum Gasteiger partial charge on any atom is -0.455 e. The maximum Gasteiger partial charge on any atom is 0.321 e. The Morgan fingerprint density at radius 3 is 2.50 bits per heavy atom. The van der Waals surface area contributed by atoms with Gasteiger partial charge in [-0.15, -0.1) is 0 Å². The predicted octanol–water partition coefficient (Wildman–Crippen LogP) is 1.83. The maximum absolute atomic E-state index is 12.4. The Hall–Kier alpha value is -2.12. The molecule has 1 aliphatic carbocycles. The molecule has 0 aromatic carbocycles. The second-order valence-electron chi connectivity index (χ2n) is 9.14. The highest BCUT2D eigenvalue weighted by atomic mass is 16.5. The van der Waals surface area contributed by atoms with E-state index in [4.69, 9.17) is 4.74 Å². The highest BCUT2D eigenvalue weighted by Gasteiger charge is 2.42. The van der Waals surface area contributed by atoms with Gasteiger partial charge in [-0.05, 0) is 39.0 Å². The van der Waals surface area contributed by atoms with Crippen molar-refractivity contribution in [2.45, 2.75) is 71.9 Å². The summed E-state index contributed by atoms with van der Waals surface area (Å²) in [7, 11) is 0. The van der Waals surface area contributed by atoms with Crippen LogP contribution in [0.25, 0.3) is 0 Å². The SMILES string of the molecule is C[C@@H]1[C@@H](C)CCC[C@@H]1N1C[C@H](C(=O)OCC(=O)NC(=O)NC(C)(C)C)CC1=O. The van der Waals surface area contributed by atoms with Crippen molar-refractivity contribution in [2.75, 3.05) is 13.2 Å². The number of carbonyl (C=O) groups is 4. The Bertz CT molecular complexity index is 628. The summed E-state index contributed by atoms with van der Waals surface area (Å²) in [6.07, 6.45) is 3.34. The average Bonchev–Trinajstić information content (AvgIpc) is 2.95. The molecular weight excluding hydrogens is 362 g/mol. The lowest BCUT2D eigenvalue weighted by Gasteiger charge is -2.39. The van der Waals surface area contributed by atoms with Crippen molar-refractivity contribution < 1.29 is 23.9 Å². The number of nitrogens with one attached hydrogen (secondary N) is 2. The summed E-state index contributed by atoms with van der Waals surface area (Å²) in [4.78, 5) is 50.0. The van der Waals surface area contributed by atoms with Gasteiger partial charge in [0.15, 0.2) is 6.61 Å². The van der Waals surface area contributed by atoms with Crippen LogP contribution in [0.5, 0.6) is 0 Å². The third kappa shape index (κ3) is 5.94. The molecule has 1 aliphatic heterocycles. The van der Waals surface area contributed by atoms with Crippen molar-refractivity contribution in [2.24, 2.45) is 17.8 Å². The minimum atomic E-state index is -0.703. The highest BCUT2D eigenvalue weighted by Crippen LogP contribution is 2.35. The van der Waals surface area contributed by atoms with Crippen LogP contribution in [-0.2, 0) is 19.1 Å². The van der Waals surface area contributed by atoms with Crippen LogP contribution in [0.1, 0.15) is 60.3 Å². The number of ether oxygens (including phenoxy) is 1. The first-order valence-corrected chi connectivity index (χ1v) is 10.1. The molecule has 2 aliphatic rings. The van der Waals surface area contributed by atoms with Gasteiger partial charge in [-0.2, -0.15) is 0 Å². The smallest absolute Gasteiger partial charge is 0.321 e. The lowest BCUT2D eigenvalue weighted by Crippen LogP contribution is -2.49. The van der Waals surface area contributed by atoms with Crippen LogP contribution in [0.2, 0.25) is 0 Å². The molecule has 0 spiro atoms. The first-order chi connectivity index (χ1) is 13.0. The molecule has 1 saturated heterocycles. The van der Waals surface area contributed by atoms with E-state index in [0.29, 0.717) is 18.4 Å². The van der Waals surface area contributed by atoms with Gasteiger partial charge in [-0.3, -0.25) is 19.7 Å². The first kappa shape index (κ1) is 22.2. The maximum atomic E-state index is 12.4. The van der Waals surface area contributed by atoms with Gasteiger partial charge < -0.3 is 15.0 Å². The van der Waals surface area contributed by atoms with E-state index in [1.54, 1.807) is 20.8 Å². The zero-order chi connectivity index (χ0) is 21.1. The Kier molecular flexibility index (Phi) is 7.06. The number of esters is 1. The van der Waals surface area contributed by atoms with Crippen molar-refractivity contribution in [3.05, 3.63) is 0 Å². The second kappa shape index (κ2) is 8.92. The molecule has 0 unspecified atom stereocenters. The molecule has 4 atom stereocenters. The third-order valence-corrected chi connectivity index (χ3v) is 5.64. The van der Waals surface area contributed by atoms with Gasteiger partial charge in [0.05, 0.1) is 5.92 Å². The third-order valence-electron chi connectivity index (χ3n) is 5.64. The van der Waals surface area contributed by atoms with Crippen LogP contribution in [0.4, 0.5) is 4.79 Å². The largest absolute Gasteiger partial charge is 0.455 e. The molecule has 2 rings (SSSR count). The van der Waals surface area contributed by atoms with Crippen LogP contribution < -0.4 is 10.6 Å². The quantitative estimate of drug-likeness (QED) is 0.707. The minimum absolute atomic E-state index is 0.0260. The van der Waals surface area contributed by atoms with Crippen LogP contribution in [0, 0.1) is 17.8 Å². The van der Waals surface area contributed by atoms with Gasteiger partial charge >= 0.3 is 12.0 Å². The Balaban J connectivity index is 1.81. The number of hydrogen-bond acceptors (Lipinski definition) is 5. The van der Waals surface area contributed by atoms with E-state index >= 15 is 0 Å². The summed E-state index contributed by atoms with van der Waals surface area (Å²) in [6, 6.07) is -0.477. The molecule has 0 radical (unpaired) electrons. The van der Waals surface area contributed by atoms with Crippen molar-refractivity contribution in [3.8, 4) is 0 Å². The Labute approximate surface area is 166 Å². The van der Waals surface area contributed by atoms with E-state index in [2.05, 4.69) is 24.5 Å². The molecule has 8 heteroatoms. The normalized spacial score (nSPS) is 28.0. The van der Waals surface area contributed by atoms with E-state index in [-0.39, 0.29) is 18.4 Å². The van der Waals surface area contributed by atoms with E-state index in [1.165, 1.54) is 6.42 Å². The molecule has 28 heavy (non-hydrogen) atoms. The standard InChI is InChI=1S/C20H33N3O5/c1-12-7-6-8-15(13(12)2)23-10-14(9-17(23)25)18(26)28-11-16(24)21-19(27)22-20(3,4)5/h12-15H,6-11H2,1-5H3,(H2,21,22,24,27)/t12-,13+,14+,15-/m0/s1. The predicted molar refractivity (Wildman–Crippen MR) is 103 cm³/mol. The van der Waals surface area contributed by atoms with E-state index in [1.807, 2.05) is 4.90 Å². The summed E-state index contributed by atoms with van der Waals surface area (Å²) >= 11 is 0. The van der Waals surface area contributed by atoms with Crippen molar-refractivity contribution in [1.82, 2.24) is 15.5 Å². The molecule has 4 amide bonds. The van der Waals surface area contributed by atoms with E-state index in [0.717, 1.165) is 12.8 Å². The lowest BCUT2D eigenvalue weighted by molar-refractivity contribution is -0.152. The molecule has 1 heterocycles.